The van der Waals surface area contributed by atoms with Crippen molar-refractivity contribution < 1.29 is 27.1 Å². The van der Waals surface area contributed by atoms with Crippen LogP contribution in [0, 0.1) is 5.82 Å². The Morgan fingerprint density at radius 3 is 2.20 bits per heavy atom. The zero-order valence-corrected chi connectivity index (χ0v) is 15.6. The van der Waals surface area contributed by atoms with Crippen LogP contribution in [0.15, 0.2) is 78.9 Å². The van der Waals surface area contributed by atoms with Crippen molar-refractivity contribution in [3.05, 3.63) is 95.8 Å². The van der Waals surface area contributed by atoms with Crippen LogP contribution in [0.3, 0.4) is 0 Å². The lowest BCUT2D eigenvalue weighted by Gasteiger charge is -2.20. The lowest BCUT2D eigenvalue weighted by molar-refractivity contribution is -0.274. The van der Waals surface area contributed by atoms with Gasteiger partial charge in [0.15, 0.2) is 0 Å². The van der Waals surface area contributed by atoms with Gasteiger partial charge in [-0.1, -0.05) is 48.5 Å². The predicted octanol–water partition coefficient (Wildman–Crippen LogP) is 5.19. The molecule has 4 nitrogen and oxygen atoms in total. The molecule has 3 aromatic rings. The first-order valence-electron chi connectivity index (χ1n) is 9.00. The van der Waals surface area contributed by atoms with Crippen LogP contribution < -0.4 is 15.4 Å². The summed E-state index contributed by atoms with van der Waals surface area (Å²) in [7, 11) is 0. The Morgan fingerprint density at radius 2 is 1.53 bits per heavy atom. The fourth-order valence-corrected chi connectivity index (χ4v) is 2.84. The molecule has 0 aliphatic heterocycles. The second-order valence-corrected chi connectivity index (χ2v) is 6.38. The molecule has 0 fully saturated rings. The first-order valence-corrected chi connectivity index (χ1v) is 9.00. The quantitative estimate of drug-likeness (QED) is 0.519. The molecule has 0 heterocycles. The Kier molecular flexibility index (Phi) is 6.68. The van der Waals surface area contributed by atoms with Crippen LogP contribution >= 0.6 is 0 Å². The number of para-hydroxylation sites is 1. The second-order valence-electron chi connectivity index (χ2n) is 6.38. The Morgan fingerprint density at radius 1 is 0.900 bits per heavy atom. The Balaban J connectivity index is 1.79. The number of benzene rings is 3. The highest BCUT2D eigenvalue weighted by atomic mass is 19.4. The minimum atomic E-state index is -4.82. The number of hydrogen-bond donors (Lipinski definition) is 2. The molecule has 1 amide bonds. The summed E-state index contributed by atoms with van der Waals surface area (Å²) in [5.74, 6) is -1.22. The van der Waals surface area contributed by atoms with Crippen molar-refractivity contribution in [2.75, 3.05) is 5.32 Å². The van der Waals surface area contributed by atoms with E-state index in [0.717, 1.165) is 0 Å². The average molecular weight is 418 g/mol. The Hall–Kier alpha value is -3.39. The molecular formula is C22H18F4N2O2. The van der Waals surface area contributed by atoms with Crippen LogP contribution in [0.5, 0.6) is 5.75 Å². The van der Waals surface area contributed by atoms with Crippen molar-refractivity contribution in [1.82, 2.24) is 5.32 Å². The standard InChI is InChI=1S/C22H18F4N2O2/c23-17-10-12-18(13-11-17)28-21(29)20(15-6-2-1-3-7-15)27-14-16-8-4-5-9-19(16)30-22(24,25)26/h1-13,20,27H,14H2,(H,28,29). The minimum Gasteiger partial charge on any atom is -0.405 e. The number of carbonyl (C=O) groups excluding carboxylic acids is 1. The van der Waals surface area contributed by atoms with Crippen molar-refractivity contribution in [2.24, 2.45) is 0 Å². The van der Waals surface area contributed by atoms with E-state index in [1.165, 1.54) is 42.5 Å². The topological polar surface area (TPSA) is 50.4 Å². The van der Waals surface area contributed by atoms with Gasteiger partial charge in [0.25, 0.3) is 0 Å². The number of alkyl halides is 3. The van der Waals surface area contributed by atoms with Gasteiger partial charge in [0.1, 0.15) is 17.6 Å². The molecule has 0 bridgehead atoms. The van der Waals surface area contributed by atoms with E-state index in [0.29, 0.717) is 11.3 Å². The summed E-state index contributed by atoms with van der Waals surface area (Å²) < 4.78 is 55.1. The van der Waals surface area contributed by atoms with Crippen LogP contribution in [0.2, 0.25) is 0 Å². The third-order valence-corrected chi connectivity index (χ3v) is 4.20. The molecule has 0 aliphatic carbocycles. The molecular weight excluding hydrogens is 400 g/mol. The van der Waals surface area contributed by atoms with Gasteiger partial charge in [0.2, 0.25) is 5.91 Å². The zero-order valence-electron chi connectivity index (χ0n) is 15.6. The number of ether oxygens (including phenoxy) is 1. The van der Waals surface area contributed by atoms with Crippen molar-refractivity contribution in [2.45, 2.75) is 18.9 Å². The average Bonchev–Trinajstić information content (AvgIpc) is 2.71. The molecule has 3 aromatic carbocycles. The molecule has 0 saturated heterocycles. The summed E-state index contributed by atoms with van der Waals surface area (Å²) in [6, 6.07) is 18.8. The van der Waals surface area contributed by atoms with Crippen LogP contribution in [-0.2, 0) is 11.3 Å². The zero-order chi connectivity index (χ0) is 21.6. The molecule has 1 unspecified atom stereocenters. The lowest BCUT2D eigenvalue weighted by atomic mass is 10.1. The Bertz CT molecular complexity index is 976. The molecule has 2 N–H and O–H groups in total. The van der Waals surface area contributed by atoms with Gasteiger partial charge in [-0.15, -0.1) is 13.2 Å². The molecule has 0 saturated carbocycles. The molecule has 8 heteroatoms. The molecule has 0 aliphatic rings. The van der Waals surface area contributed by atoms with Crippen molar-refractivity contribution >= 4 is 11.6 Å². The monoisotopic (exact) mass is 418 g/mol. The van der Waals surface area contributed by atoms with E-state index in [2.05, 4.69) is 15.4 Å². The fourth-order valence-electron chi connectivity index (χ4n) is 2.84. The summed E-state index contributed by atoms with van der Waals surface area (Å²) in [4.78, 5) is 12.9. The molecule has 1 atom stereocenters. The van der Waals surface area contributed by atoms with Gasteiger partial charge in [0, 0.05) is 17.8 Å². The minimum absolute atomic E-state index is 0.0529. The first kappa shape index (κ1) is 21.3. The molecule has 3 rings (SSSR count). The Labute approximate surface area is 170 Å². The van der Waals surface area contributed by atoms with E-state index in [-0.39, 0.29) is 17.9 Å². The van der Waals surface area contributed by atoms with E-state index in [9.17, 15) is 22.4 Å². The maximum absolute atomic E-state index is 13.1. The van der Waals surface area contributed by atoms with Gasteiger partial charge < -0.3 is 10.1 Å². The van der Waals surface area contributed by atoms with E-state index in [1.807, 2.05) is 0 Å². The first-order chi connectivity index (χ1) is 14.3. The molecule has 0 aromatic heterocycles. The normalized spacial score (nSPS) is 12.3. The van der Waals surface area contributed by atoms with E-state index in [1.54, 1.807) is 36.4 Å². The number of nitrogens with one attached hydrogen (secondary N) is 2. The van der Waals surface area contributed by atoms with Crippen molar-refractivity contribution in [3.63, 3.8) is 0 Å². The third-order valence-electron chi connectivity index (χ3n) is 4.20. The molecule has 0 spiro atoms. The van der Waals surface area contributed by atoms with Crippen molar-refractivity contribution in [3.8, 4) is 5.75 Å². The van der Waals surface area contributed by atoms with Gasteiger partial charge in [-0.3, -0.25) is 10.1 Å². The summed E-state index contributed by atoms with van der Waals surface area (Å²) >= 11 is 0. The lowest BCUT2D eigenvalue weighted by Crippen LogP contribution is -2.33. The smallest absolute Gasteiger partial charge is 0.405 e. The molecule has 0 radical (unpaired) electrons. The number of hydrogen-bond acceptors (Lipinski definition) is 3. The van der Waals surface area contributed by atoms with Crippen LogP contribution in [0.1, 0.15) is 17.2 Å². The maximum Gasteiger partial charge on any atom is 0.573 e. The van der Waals surface area contributed by atoms with E-state index in [4.69, 9.17) is 0 Å². The maximum atomic E-state index is 13.1. The summed E-state index contributed by atoms with van der Waals surface area (Å²) in [5.41, 5.74) is 1.25. The number of amides is 1. The fraction of sp³-hybridized carbons (Fsp3) is 0.136. The summed E-state index contributed by atoms with van der Waals surface area (Å²) in [6.07, 6.45) is -4.82. The second kappa shape index (κ2) is 9.41. The number of anilines is 1. The van der Waals surface area contributed by atoms with Crippen LogP contribution in [0.25, 0.3) is 0 Å². The van der Waals surface area contributed by atoms with Crippen molar-refractivity contribution in [1.29, 1.82) is 0 Å². The van der Waals surface area contributed by atoms with Gasteiger partial charge >= 0.3 is 6.36 Å². The number of carbonyl (C=O) groups is 1. The highest BCUT2D eigenvalue weighted by molar-refractivity contribution is 5.95. The SMILES string of the molecule is O=C(Nc1ccc(F)cc1)C(NCc1ccccc1OC(F)(F)F)c1ccccc1. The van der Waals surface area contributed by atoms with Gasteiger partial charge in [-0.05, 0) is 35.9 Å². The highest BCUT2D eigenvalue weighted by Crippen LogP contribution is 2.27. The number of rotatable bonds is 7. The predicted molar refractivity (Wildman–Crippen MR) is 104 cm³/mol. The summed E-state index contributed by atoms with van der Waals surface area (Å²) in [6.45, 7) is -0.0529. The van der Waals surface area contributed by atoms with Gasteiger partial charge in [-0.2, -0.15) is 0 Å². The summed E-state index contributed by atoms with van der Waals surface area (Å²) in [5, 5.41) is 5.65. The van der Waals surface area contributed by atoms with E-state index >= 15 is 0 Å². The molecule has 156 valence electrons. The molecule has 30 heavy (non-hydrogen) atoms. The van der Waals surface area contributed by atoms with Gasteiger partial charge in [-0.25, -0.2) is 4.39 Å². The third kappa shape index (κ3) is 6.05. The highest BCUT2D eigenvalue weighted by Gasteiger charge is 2.32. The van der Waals surface area contributed by atoms with E-state index < -0.39 is 24.1 Å². The van der Waals surface area contributed by atoms with Crippen LogP contribution in [0.4, 0.5) is 23.2 Å². The largest absolute Gasteiger partial charge is 0.573 e. The van der Waals surface area contributed by atoms with Crippen LogP contribution in [-0.4, -0.2) is 12.3 Å². The van der Waals surface area contributed by atoms with Gasteiger partial charge in [0.05, 0.1) is 0 Å². The number of halogens is 4.